The molecular weight excluding hydrogens is 256 g/mol. The highest BCUT2D eigenvalue weighted by Crippen LogP contribution is 2.03. The zero-order valence-corrected chi connectivity index (χ0v) is 11.0. The Balaban J connectivity index is 3.64. The van der Waals surface area contributed by atoms with Crippen molar-refractivity contribution in [2.45, 2.75) is 13.3 Å². The summed E-state index contributed by atoms with van der Waals surface area (Å²) in [6, 6.07) is 0. The van der Waals surface area contributed by atoms with Crippen molar-refractivity contribution < 1.29 is 23.9 Å². The lowest BCUT2D eigenvalue weighted by Gasteiger charge is -2.00. The molecule has 0 fully saturated rings. The average Bonchev–Trinajstić information content (AvgIpc) is 2.33. The second kappa shape index (κ2) is 10.6. The van der Waals surface area contributed by atoms with Crippen LogP contribution in [0, 0.1) is 0 Å². The maximum Gasteiger partial charge on any atom is 0.331 e. The molecule has 100 valence electrons. The van der Waals surface area contributed by atoms with Crippen LogP contribution in [0.2, 0.25) is 0 Å². The molecule has 0 heterocycles. The summed E-state index contributed by atoms with van der Waals surface area (Å²) in [5.41, 5.74) is 0. The maximum absolute atomic E-state index is 11.1. The minimum atomic E-state index is -0.626. The highest BCUT2D eigenvalue weighted by atomic mass is 32.2. The molecule has 0 aliphatic carbocycles. The summed E-state index contributed by atoms with van der Waals surface area (Å²) in [5, 5.41) is 0.0335. The van der Waals surface area contributed by atoms with Crippen LogP contribution in [0.15, 0.2) is 24.8 Å². The lowest BCUT2D eigenvalue weighted by molar-refractivity contribution is -0.139. The van der Waals surface area contributed by atoms with Crippen LogP contribution >= 0.6 is 11.8 Å². The third-order valence-corrected chi connectivity index (χ3v) is 2.44. The Bertz CT molecular complexity index is 335. The van der Waals surface area contributed by atoms with Gasteiger partial charge in [0.15, 0.2) is 5.12 Å². The molecule has 0 atom stereocenters. The lowest BCUT2D eigenvalue weighted by atomic mass is 10.5. The first-order valence-electron chi connectivity index (χ1n) is 5.32. The van der Waals surface area contributed by atoms with Gasteiger partial charge in [0.25, 0.3) is 0 Å². The van der Waals surface area contributed by atoms with E-state index in [1.165, 1.54) is 24.8 Å². The molecular formula is C12H16O5S. The standard InChI is InChI=1S/C12H16O5S/c1-3-7-16-11(14)5-6-12(15)17-8-4-9-18-10(2)13/h3,5-6H,1,4,7-9H2,2H3/b6-5+. The topological polar surface area (TPSA) is 69.7 Å². The molecule has 18 heavy (non-hydrogen) atoms. The highest BCUT2D eigenvalue weighted by Gasteiger charge is 2.00. The monoisotopic (exact) mass is 272 g/mol. The molecule has 0 rings (SSSR count). The zero-order valence-electron chi connectivity index (χ0n) is 10.2. The highest BCUT2D eigenvalue weighted by molar-refractivity contribution is 8.13. The van der Waals surface area contributed by atoms with Gasteiger partial charge in [-0.25, -0.2) is 9.59 Å². The molecule has 6 heteroatoms. The summed E-state index contributed by atoms with van der Waals surface area (Å²) >= 11 is 1.18. The smallest absolute Gasteiger partial charge is 0.331 e. The predicted molar refractivity (Wildman–Crippen MR) is 69.0 cm³/mol. The fourth-order valence-electron chi connectivity index (χ4n) is 0.821. The van der Waals surface area contributed by atoms with Gasteiger partial charge in [0.05, 0.1) is 6.61 Å². The second-order valence-electron chi connectivity index (χ2n) is 3.11. The van der Waals surface area contributed by atoms with Crippen molar-refractivity contribution >= 4 is 28.8 Å². The first kappa shape index (κ1) is 16.4. The lowest BCUT2D eigenvalue weighted by Crippen LogP contribution is -2.06. The zero-order chi connectivity index (χ0) is 13.8. The van der Waals surface area contributed by atoms with Crippen LogP contribution in [0.1, 0.15) is 13.3 Å². The van der Waals surface area contributed by atoms with Crippen LogP contribution in [-0.2, 0) is 23.9 Å². The summed E-state index contributed by atoms with van der Waals surface area (Å²) in [7, 11) is 0. The van der Waals surface area contributed by atoms with E-state index in [9.17, 15) is 14.4 Å². The first-order chi connectivity index (χ1) is 8.56. The van der Waals surface area contributed by atoms with Crippen LogP contribution in [0.5, 0.6) is 0 Å². The van der Waals surface area contributed by atoms with Gasteiger partial charge in [-0.1, -0.05) is 24.4 Å². The van der Waals surface area contributed by atoms with Gasteiger partial charge >= 0.3 is 11.9 Å². The Morgan fingerprint density at radius 1 is 1.17 bits per heavy atom. The van der Waals surface area contributed by atoms with E-state index < -0.39 is 11.9 Å². The molecule has 0 amide bonds. The molecule has 0 saturated heterocycles. The van der Waals surface area contributed by atoms with Crippen LogP contribution in [0.3, 0.4) is 0 Å². The molecule has 0 unspecified atom stereocenters. The molecule has 0 aromatic rings. The van der Waals surface area contributed by atoms with Crippen molar-refractivity contribution in [2.75, 3.05) is 19.0 Å². The number of rotatable bonds is 8. The van der Waals surface area contributed by atoms with Crippen molar-refractivity contribution in [3.63, 3.8) is 0 Å². The van der Waals surface area contributed by atoms with E-state index in [1.807, 2.05) is 0 Å². The summed E-state index contributed by atoms with van der Waals surface area (Å²) in [6.45, 7) is 5.17. The van der Waals surface area contributed by atoms with Gasteiger partial charge < -0.3 is 9.47 Å². The molecule has 0 N–H and O–H groups in total. The fraction of sp³-hybridized carbons (Fsp3) is 0.417. The number of esters is 2. The number of hydrogen-bond donors (Lipinski definition) is 0. The SMILES string of the molecule is C=CCOC(=O)/C=C/C(=O)OCCCSC(C)=O. The van der Waals surface area contributed by atoms with Crippen LogP contribution < -0.4 is 0 Å². The molecule has 5 nitrogen and oxygen atoms in total. The molecule has 0 saturated carbocycles. The Hall–Kier alpha value is -1.56. The Morgan fingerprint density at radius 3 is 2.33 bits per heavy atom. The molecule has 0 bridgehead atoms. The van der Waals surface area contributed by atoms with E-state index in [1.54, 1.807) is 0 Å². The number of carbonyl (C=O) groups is 3. The van der Waals surface area contributed by atoms with E-state index in [0.29, 0.717) is 12.2 Å². The molecule has 0 spiro atoms. The van der Waals surface area contributed by atoms with Gasteiger partial charge in [-0.3, -0.25) is 4.79 Å². The van der Waals surface area contributed by atoms with Crippen molar-refractivity contribution in [1.82, 2.24) is 0 Å². The third-order valence-electron chi connectivity index (χ3n) is 1.54. The van der Waals surface area contributed by atoms with Crippen LogP contribution in [-0.4, -0.2) is 36.0 Å². The number of hydrogen-bond acceptors (Lipinski definition) is 6. The first-order valence-corrected chi connectivity index (χ1v) is 6.30. The van der Waals surface area contributed by atoms with Gasteiger partial charge in [0.1, 0.15) is 6.61 Å². The van der Waals surface area contributed by atoms with E-state index in [2.05, 4.69) is 11.3 Å². The van der Waals surface area contributed by atoms with Crippen molar-refractivity contribution in [3.05, 3.63) is 24.8 Å². The molecule has 0 aromatic carbocycles. The van der Waals surface area contributed by atoms with E-state index >= 15 is 0 Å². The Labute approximate surface area is 110 Å². The van der Waals surface area contributed by atoms with E-state index in [0.717, 1.165) is 12.2 Å². The summed E-state index contributed by atoms with van der Waals surface area (Å²) in [6.07, 6.45) is 4.02. The van der Waals surface area contributed by atoms with Crippen LogP contribution in [0.4, 0.5) is 0 Å². The summed E-state index contributed by atoms with van der Waals surface area (Å²) in [4.78, 5) is 32.7. The Morgan fingerprint density at radius 2 is 1.78 bits per heavy atom. The van der Waals surface area contributed by atoms with Gasteiger partial charge in [-0.05, 0) is 6.42 Å². The van der Waals surface area contributed by atoms with E-state index in [4.69, 9.17) is 4.74 Å². The third kappa shape index (κ3) is 10.9. The number of thioether (sulfide) groups is 1. The number of carbonyl (C=O) groups excluding carboxylic acids is 3. The van der Waals surface area contributed by atoms with E-state index in [-0.39, 0.29) is 18.3 Å². The van der Waals surface area contributed by atoms with Crippen LogP contribution in [0.25, 0.3) is 0 Å². The second-order valence-corrected chi connectivity index (χ2v) is 4.38. The molecule has 0 aliphatic heterocycles. The average molecular weight is 272 g/mol. The quantitative estimate of drug-likeness (QED) is 0.288. The van der Waals surface area contributed by atoms with Gasteiger partial charge in [-0.2, -0.15) is 0 Å². The fourth-order valence-corrected chi connectivity index (χ4v) is 1.37. The van der Waals surface area contributed by atoms with Crippen molar-refractivity contribution in [1.29, 1.82) is 0 Å². The van der Waals surface area contributed by atoms with Gasteiger partial charge in [-0.15, -0.1) is 0 Å². The van der Waals surface area contributed by atoms with Gasteiger partial charge in [0, 0.05) is 24.8 Å². The van der Waals surface area contributed by atoms with Crippen molar-refractivity contribution in [3.8, 4) is 0 Å². The summed E-state index contributed by atoms with van der Waals surface area (Å²) < 4.78 is 9.42. The summed E-state index contributed by atoms with van der Waals surface area (Å²) in [5.74, 6) is -0.634. The minimum absolute atomic E-state index is 0.0335. The largest absolute Gasteiger partial charge is 0.462 e. The molecule has 0 radical (unpaired) electrons. The minimum Gasteiger partial charge on any atom is -0.462 e. The maximum atomic E-state index is 11.1. The molecule has 0 aliphatic rings. The Kier molecular flexibility index (Phi) is 9.67. The number of ether oxygens (including phenoxy) is 2. The van der Waals surface area contributed by atoms with Gasteiger partial charge in [0.2, 0.25) is 0 Å². The normalized spacial score (nSPS) is 10.1. The van der Waals surface area contributed by atoms with Crippen molar-refractivity contribution in [2.24, 2.45) is 0 Å². The predicted octanol–water partition coefficient (Wildman–Crippen LogP) is 1.48. The molecule has 0 aromatic heterocycles.